The van der Waals surface area contributed by atoms with E-state index in [2.05, 4.69) is 5.32 Å². The number of alkyl carbamates (subject to hydrolysis) is 1. The van der Waals surface area contributed by atoms with Gasteiger partial charge in [-0.2, -0.15) is 0 Å². The monoisotopic (exact) mass is 314 g/mol. The number of rotatable bonds is 6. The Labute approximate surface area is 133 Å². The summed E-state index contributed by atoms with van der Waals surface area (Å²) in [7, 11) is 0. The predicted molar refractivity (Wildman–Crippen MR) is 85.7 cm³/mol. The quantitative estimate of drug-likeness (QED) is 0.709. The van der Waals surface area contributed by atoms with Crippen molar-refractivity contribution in [3.8, 4) is 0 Å². The van der Waals surface area contributed by atoms with E-state index in [1.807, 2.05) is 30.3 Å². The standard InChI is InChI=1S/C17H18N2O4/c18-14-8-6-12(7-9-14)10-15(16(20)21)19-17(22)23-11-13-4-2-1-3-5-13/h1-9,15H,10-11,18H2,(H,19,22)(H,20,21)/t15-/m0/s1. The number of hydrogen-bond acceptors (Lipinski definition) is 4. The lowest BCUT2D eigenvalue weighted by Gasteiger charge is -2.15. The number of amides is 1. The van der Waals surface area contributed by atoms with Crippen molar-refractivity contribution in [3.63, 3.8) is 0 Å². The molecule has 0 aliphatic carbocycles. The average molecular weight is 314 g/mol. The fourth-order valence-corrected chi connectivity index (χ4v) is 2.00. The summed E-state index contributed by atoms with van der Waals surface area (Å²) in [6, 6.07) is 14.9. The number of aliphatic carboxylic acids is 1. The third kappa shape index (κ3) is 5.35. The molecule has 4 N–H and O–H groups in total. The van der Waals surface area contributed by atoms with Crippen LogP contribution >= 0.6 is 0 Å². The van der Waals surface area contributed by atoms with Crippen LogP contribution in [0.5, 0.6) is 0 Å². The molecule has 0 radical (unpaired) electrons. The van der Waals surface area contributed by atoms with Gasteiger partial charge in [0.25, 0.3) is 0 Å². The maximum atomic E-state index is 11.8. The molecule has 0 fully saturated rings. The van der Waals surface area contributed by atoms with Gasteiger partial charge < -0.3 is 20.9 Å². The number of benzene rings is 2. The number of carboxylic acid groups (broad SMARTS) is 1. The summed E-state index contributed by atoms with van der Waals surface area (Å²) in [6.07, 6.45) is -0.618. The maximum Gasteiger partial charge on any atom is 0.408 e. The van der Waals surface area contributed by atoms with Gasteiger partial charge in [-0.3, -0.25) is 0 Å². The molecular formula is C17H18N2O4. The van der Waals surface area contributed by atoms with Gasteiger partial charge in [0.15, 0.2) is 0 Å². The molecule has 2 aromatic rings. The molecule has 1 atom stereocenters. The molecule has 0 aromatic heterocycles. The molecule has 0 spiro atoms. The van der Waals surface area contributed by atoms with Gasteiger partial charge in [0.05, 0.1) is 0 Å². The largest absolute Gasteiger partial charge is 0.480 e. The van der Waals surface area contributed by atoms with Crippen molar-refractivity contribution in [2.45, 2.75) is 19.1 Å². The number of nitrogens with two attached hydrogens (primary N) is 1. The number of nitrogens with one attached hydrogen (secondary N) is 1. The van der Waals surface area contributed by atoms with Crippen molar-refractivity contribution in [2.75, 3.05) is 5.73 Å². The topological polar surface area (TPSA) is 102 Å². The molecule has 1 amide bonds. The third-order valence-corrected chi connectivity index (χ3v) is 3.22. The molecule has 2 rings (SSSR count). The van der Waals surface area contributed by atoms with Crippen LogP contribution in [0.2, 0.25) is 0 Å². The van der Waals surface area contributed by atoms with Crippen LogP contribution in [0.3, 0.4) is 0 Å². The van der Waals surface area contributed by atoms with Crippen LogP contribution in [0.25, 0.3) is 0 Å². The van der Waals surface area contributed by atoms with E-state index >= 15 is 0 Å². The molecule has 0 heterocycles. The molecule has 6 heteroatoms. The Kier molecular flexibility index (Phi) is 5.57. The SMILES string of the molecule is Nc1ccc(C[C@H](NC(=O)OCc2ccccc2)C(=O)O)cc1. The maximum absolute atomic E-state index is 11.8. The van der Waals surface area contributed by atoms with Gasteiger partial charge in [-0.05, 0) is 23.3 Å². The zero-order chi connectivity index (χ0) is 16.7. The number of carbonyl (C=O) groups excluding carboxylic acids is 1. The first kappa shape index (κ1) is 16.4. The average Bonchev–Trinajstić information content (AvgIpc) is 2.55. The fraction of sp³-hybridized carbons (Fsp3) is 0.176. The van der Waals surface area contributed by atoms with E-state index in [1.165, 1.54) is 0 Å². The molecule has 6 nitrogen and oxygen atoms in total. The highest BCUT2D eigenvalue weighted by molar-refractivity contribution is 5.80. The zero-order valence-corrected chi connectivity index (χ0v) is 12.4. The second kappa shape index (κ2) is 7.84. The van der Waals surface area contributed by atoms with E-state index in [0.717, 1.165) is 11.1 Å². The summed E-state index contributed by atoms with van der Waals surface area (Å²) in [5.74, 6) is -1.13. The lowest BCUT2D eigenvalue weighted by molar-refractivity contribution is -0.139. The normalized spacial score (nSPS) is 11.5. The van der Waals surface area contributed by atoms with Crippen LogP contribution in [0, 0.1) is 0 Å². The predicted octanol–water partition coefficient (Wildman–Crippen LogP) is 2.19. The van der Waals surface area contributed by atoms with E-state index in [0.29, 0.717) is 5.69 Å². The van der Waals surface area contributed by atoms with Gasteiger partial charge in [-0.15, -0.1) is 0 Å². The molecule has 2 aromatic carbocycles. The minimum atomic E-state index is -1.13. The first-order valence-corrected chi connectivity index (χ1v) is 7.09. The Morgan fingerprint density at radius 1 is 1.04 bits per heavy atom. The molecule has 23 heavy (non-hydrogen) atoms. The highest BCUT2D eigenvalue weighted by Crippen LogP contribution is 2.08. The first-order chi connectivity index (χ1) is 11.0. The lowest BCUT2D eigenvalue weighted by atomic mass is 10.1. The molecule has 0 unspecified atom stereocenters. The summed E-state index contributed by atoms with van der Waals surface area (Å²) >= 11 is 0. The Balaban J connectivity index is 1.89. The van der Waals surface area contributed by atoms with Gasteiger partial charge >= 0.3 is 12.1 Å². The van der Waals surface area contributed by atoms with E-state index in [1.54, 1.807) is 24.3 Å². The minimum absolute atomic E-state index is 0.0842. The summed E-state index contributed by atoms with van der Waals surface area (Å²) < 4.78 is 5.03. The van der Waals surface area contributed by atoms with Gasteiger partial charge in [-0.25, -0.2) is 9.59 Å². The highest BCUT2D eigenvalue weighted by atomic mass is 16.5. The van der Waals surface area contributed by atoms with Crippen molar-refractivity contribution in [1.29, 1.82) is 0 Å². The van der Waals surface area contributed by atoms with Crippen LogP contribution in [0.1, 0.15) is 11.1 Å². The summed E-state index contributed by atoms with van der Waals surface area (Å²) in [5, 5.41) is 11.6. The summed E-state index contributed by atoms with van der Waals surface area (Å²) in [5.41, 5.74) is 7.77. The van der Waals surface area contributed by atoms with Crippen molar-refractivity contribution in [2.24, 2.45) is 0 Å². The van der Waals surface area contributed by atoms with Crippen molar-refractivity contribution >= 4 is 17.7 Å². The number of nitrogen functional groups attached to an aromatic ring is 1. The Morgan fingerprint density at radius 2 is 1.70 bits per heavy atom. The number of carbonyl (C=O) groups is 2. The van der Waals surface area contributed by atoms with E-state index < -0.39 is 18.1 Å². The van der Waals surface area contributed by atoms with Gasteiger partial charge in [0.1, 0.15) is 12.6 Å². The Bertz CT molecular complexity index is 656. The van der Waals surface area contributed by atoms with Crippen LogP contribution in [-0.2, 0) is 22.6 Å². The van der Waals surface area contributed by atoms with Crippen LogP contribution < -0.4 is 11.1 Å². The van der Waals surface area contributed by atoms with Crippen molar-refractivity contribution in [3.05, 3.63) is 65.7 Å². The van der Waals surface area contributed by atoms with Crippen molar-refractivity contribution in [1.82, 2.24) is 5.32 Å². The van der Waals surface area contributed by atoms with E-state index in [9.17, 15) is 14.7 Å². The van der Waals surface area contributed by atoms with E-state index in [4.69, 9.17) is 10.5 Å². The Hall–Kier alpha value is -3.02. The fourth-order valence-electron chi connectivity index (χ4n) is 2.00. The molecule has 0 aliphatic heterocycles. The van der Waals surface area contributed by atoms with Crippen LogP contribution in [0.15, 0.2) is 54.6 Å². The highest BCUT2D eigenvalue weighted by Gasteiger charge is 2.21. The number of ether oxygens (including phenoxy) is 1. The van der Waals surface area contributed by atoms with Gasteiger partial charge in [-0.1, -0.05) is 42.5 Å². The minimum Gasteiger partial charge on any atom is -0.480 e. The molecule has 0 saturated carbocycles. The summed E-state index contributed by atoms with van der Waals surface area (Å²) in [4.78, 5) is 23.0. The second-order valence-corrected chi connectivity index (χ2v) is 5.04. The summed E-state index contributed by atoms with van der Waals surface area (Å²) in [6.45, 7) is 0.0842. The lowest BCUT2D eigenvalue weighted by Crippen LogP contribution is -2.42. The number of anilines is 1. The number of hydrogen-bond donors (Lipinski definition) is 3. The van der Waals surface area contributed by atoms with Gasteiger partial charge in [0.2, 0.25) is 0 Å². The molecule has 0 aliphatic rings. The van der Waals surface area contributed by atoms with Crippen LogP contribution in [0.4, 0.5) is 10.5 Å². The molecule has 120 valence electrons. The third-order valence-electron chi connectivity index (χ3n) is 3.22. The smallest absolute Gasteiger partial charge is 0.408 e. The zero-order valence-electron chi connectivity index (χ0n) is 12.4. The number of carboxylic acids is 1. The van der Waals surface area contributed by atoms with Gasteiger partial charge in [0, 0.05) is 12.1 Å². The molecular weight excluding hydrogens is 296 g/mol. The Morgan fingerprint density at radius 3 is 2.30 bits per heavy atom. The van der Waals surface area contributed by atoms with E-state index in [-0.39, 0.29) is 13.0 Å². The second-order valence-electron chi connectivity index (χ2n) is 5.04. The molecule has 0 saturated heterocycles. The molecule has 0 bridgehead atoms. The van der Waals surface area contributed by atoms with Crippen molar-refractivity contribution < 1.29 is 19.4 Å². The first-order valence-electron chi connectivity index (χ1n) is 7.09. The van der Waals surface area contributed by atoms with Crippen LogP contribution in [-0.4, -0.2) is 23.2 Å².